The summed E-state index contributed by atoms with van der Waals surface area (Å²) < 4.78 is 28.4. The smallest absolute Gasteiger partial charge is 0.335 e. The van der Waals surface area contributed by atoms with E-state index in [9.17, 15) is 13.2 Å². The van der Waals surface area contributed by atoms with Crippen LogP contribution in [0.15, 0.2) is 18.2 Å². The second kappa shape index (κ2) is 5.58. The van der Waals surface area contributed by atoms with Gasteiger partial charge in [-0.25, -0.2) is 14.5 Å². The Morgan fingerprint density at radius 2 is 2.10 bits per heavy atom. The number of carboxylic acids is 1. The molecule has 0 saturated heterocycles. The molecule has 1 aromatic heterocycles. The van der Waals surface area contributed by atoms with Crippen LogP contribution in [0.4, 0.5) is 5.13 Å². The summed E-state index contributed by atoms with van der Waals surface area (Å²) in [6.45, 7) is 3.52. The Bertz CT molecular complexity index is 783. The molecule has 114 valence electrons. The molecule has 0 spiro atoms. The van der Waals surface area contributed by atoms with E-state index in [0.717, 1.165) is 11.3 Å². The van der Waals surface area contributed by atoms with Crippen LogP contribution in [0.25, 0.3) is 10.2 Å². The molecule has 0 aliphatic carbocycles. The van der Waals surface area contributed by atoms with Gasteiger partial charge in [-0.2, -0.15) is 12.7 Å². The first-order chi connectivity index (χ1) is 9.70. The van der Waals surface area contributed by atoms with Crippen LogP contribution in [0.5, 0.6) is 0 Å². The van der Waals surface area contributed by atoms with Gasteiger partial charge in [0.1, 0.15) is 0 Å². The summed E-state index contributed by atoms with van der Waals surface area (Å²) in [5.74, 6) is -1.04. The summed E-state index contributed by atoms with van der Waals surface area (Å²) >= 11 is 1.09. The molecule has 7 nitrogen and oxygen atoms in total. The number of rotatable bonds is 5. The Labute approximate surface area is 126 Å². The lowest BCUT2D eigenvalue weighted by molar-refractivity contribution is 0.0697. The number of nitrogens with zero attached hydrogens (tertiary/aromatic N) is 2. The molecule has 9 heteroatoms. The molecule has 0 amide bonds. The number of benzene rings is 1. The first-order valence-corrected chi connectivity index (χ1v) is 8.36. The molecule has 0 atom stereocenters. The number of carboxylic acid groups (broad SMARTS) is 1. The Kier molecular flexibility index (Phi) is 4.17. The third-order valence-corrected chi connectivity index (χ3v) is 5.65. The third-order valence-electron chi connectivity index (χ3n) is 2.96. The van der Waals surface area contributed by atoms with Crippen molar-refractivity contribution in [1.29, 1.82) is 0 Å². The minimum atomic E-state index is -3.67. The highest BCUT2D eigenvalue weighted by Crippen LogP contribution is 2.28. The largest absolute Gasteiger partial charge is 0.478 e. The van der Waals surface area contributed by atoms with Crippen LogP contribution < -0.4 is 4.72 Å². The zero-order valence-corrected chi connectivity index (χ0v) is 13.3. The predicted molar refractivity (Wildman–Crippen MR) is 82.0 cm³/mol. The summed E-state index contributed by atoms with van der Waals surface area (Å²) in [6.07, 6.45) is 0. The van der Waals surface area contributed by atoms with Crippen molar-refractivity contribution < 1.29 is 18.3 Å². The van der Waals surface area contributed by atoms with Gasteiger partial charge in [-0.15, -0.1) is 0 Å². The second-order valence-corrected chi connectivity index (χ2v) is 7.48. The van der Waals surface area contributed by atoms with Gasteiger partial charge >= 0.3 is 16.2 Å². The van der Waals surface area contributed by atoms with E-state index in [1.807, 2.05) is 0 Å². The molecule has 0 unspecified atom stereocenters. The molecule has 0 fully saturated rings. The molecule has 21 heavy (non-hydrogen) atoms. The Morgan fingerprint density at radius 3 is 2.67 bits per heavy atom. The van der Waals surface area contributed by atoms with E-state index in [-0.39, 0.29) is 16.7 Å². The van der Waals surface area contributed by atoms with Crippen LogP contribution in [-0.4, -0.2) is 41.9 Å². The number of aromatic nitrogens is 1. The van der Waals surface area contributed by atoms with E-state index < -0.39 is 16.2 Å². The van der Waals surface area contributed by atoms with Crippen molar-refractivity contribution in [3.8, 4) is 0 Å². The molecule has 2 N–H and O–H groups in total. The number of fused-ring (bicyclic) bond motifs is 1. The average Bonchev–Trinajstić information content (AvgIpc) is 2.77. The van der Waals surface area contributed by atoms with Crippen LogP contribution in [0.3, 0.4) is 0 Å². The molecule has 1 aromatic carbocycles. The summed E-state index contributed by atoms with van der Waals surface area (Å²) in [4.78, 5) is 15.1. The average molecular weight is 329 g/mol. The fourth-order valence-electron chi connectivity index (χ4n) is 1.56. The maximum absolute atomic E-state index is 12.1. The van der Waals surface area contributed by atoms with Gasteiger partial charge in [0.2, 0.25) is 0 Å². The molecule has 2 aromatic rings. The highest BCUT2D eigenvalue weighted by Gasteiger charge is 2.22. The number of anilines is 1. The lowest BCUT2D eigenvalue weighted by atomic mass is 10.2. The first-order valence-electron chi connectivity index (χ1n) is 6.10. The van der Waals surface area contributed by atoms with E-state index in [0.29, 0.717) is 10.2 Å². The summed E-state index contributed by atoms with van der Waals surface area (Å²) in [7, 11) is -2.20. The molecule has 0 aliphatic rings. The zero-order valence-electron chi connectivity index (χ0n) is 11.7. The monoisotopic (exact) mass is 329 g/mol. The van der Waals surface area contributed by atoms with E-state index in [2.05, 4.69) is 9.71 Å². The molecule has 0 aliphatic heterocycles. The second-order valence-electron chi connectivity index (χ2n) is 4.72. The zero-order chi connectivity index (χ0) is 15.8. The molecular formula is C12H15N3O4S2. The SMILES string of the molecule is CC(C)N(C)S(=O)(=O)Nc1nc2ccc(C(=O)O)cc2s1. The van der Waals surface area contributed by atoms with Gasteiger partial charge in [0.25, 0.3) is 0 Å². The fraction of sp³-hybridized carbons (Fsp3) is 0.333. The van der Waals surface area contributed by atoms with Crippen LogP contribution in [0, 0.1) is 0 Å². The topological polar surface area (TPSA) is 99.6 Å². The first kappa shape index (κ1) is 15.7. The van der Waals surface area contributed by atoms with Crippen LogP contribution in [0.1, 0.15) is 24.2 Å². The number of nitrogens with one attached hydrogen (secondary N) is 1. The van der Waals surface area contributed by atoms with Gasteiger partial charge < -0.3 is 5.11 Å². The summed E-state index contributed by atoms with van der Waals surface area (Å²) in [6, 6.07) is 4.28. The lowest BCUT2D eigenvalue weighted by Crippen LogP contribution is -2.37. The number of carbonyl (C=O) groups is 1. The Balaban J connectivity index is 2.34. The number of hydrogen-bond acceptors (Lipinski definition) is 5. The Morgan fingerprint density at radius 1 is 1.43 bits per heavy atom. The molecular weight excluding hydrogens is 314 g/mol. The van der Waals surface area contributed by atoms with Gasteiger partial charge in [0, 0.05) is 13.1 Å². The maximum Gasteiger partial charge on any atom is 0.335 e. The standard InChI is InChI=1S/C12H15N3O4S2/c1-7(2)15(3)21(18,19)14-12-13-9-5-4-8(11(16)17)6-10(9)20-12/h4-7H,1-3H3,(H,13,14)(H,16,17). The fourth-order valence-corrected chi connectivity index (χ4v) is 3.77. The van der Waals surface area contributed by atoms with Crippen LogP contribution >= 0.6 is 11.3 Å². The highest BCUT2D eigenvalue weighted by molar-refractivity contribution is 7.90. The van der Waals surface area contributed by atoms with Crippen molar-refractivity contribution in [1.82, 2.24) is 9.29 Å². The normalized spacial score (nSPS) is 12.2. The van der Waals surface area contributed by atoms with Crippen molar-refractivity contribution >= 4 is 42.9 Å². The van der Waals surface area contributed by atoms with Crippen molar-refractivity contribution in [2.75, 3.05) is 11.8 Å². The van der Waals surface area contributed by atoms with Crippen molar-refractivity contribution in [2.45, 2.75) is 19.9 Å². The highest BCUT2D eigenvalue weighted by atomic mass is 32.2. The number of thiazole rings is 1. The molecule has 0 radical (unpaired) electrons. The molecule has 1 heterocycles. The van der Waals surface area contributed by atoms with Crippen molar-refractivity contribution in [2.24, 2.45) is 0 Å². The van der Waals surface area contributed by atoms with E-state index >= 15 is 0 Å². The van der Waals surface area contributed by atoms with E-state index in [4.69, 9.17) is 5.11 Å². The lowest BCUT2D eigenvalue weighted by Gasteiger charge is -2.20. The minimum Gasteiger partial charge on any atom is -0.478 e. The Hall–Kier alpha value is -1.71. The van der Waals surface area contributed by atoms with Gasteiger partial charge in [-0.05, 0) is 32.0 Å². The third kappa shape index (κ3) is 3.31. The van der Waals surface area contributed by atoms with E-state index in [1.165, 1.54) is 23.5 Å². The number of hydrogen-bond donors (Lipinski definition) is 2. The van der Waals surface area contributed by atoms with E-state index in [1.54, 1.807) is 19.9 Å². The maximum atomic E-state index is 12.1. The minimum absolute atomic E-state index is 0.139. The summed E-state index contributed by atoms with van der Waals surface area (Å²) in [5.41, 5.74) is 0.690. The van der Waals surface area contributed by atoms with Crippen LogP contribution in [-0.2, 0) is 10.2 Å². The summed E-state index contributed by atoms with van der Waals surface area (Å²) in [5, 5.41) is 9.15. The molecule has 0 bridgehead atoms. The van der Waals surface area contributed by atoms with Gasteiger partial charge in [-0.3, -0.25) is 0 Å². The van der Waals surface area contributed by atoms with Gasteiger partial charge in [-0.1, -0.05) is 11.3 Å². The predicted octanol–water partition coefficient (Wildman–Crippen LogP) is 1.99. The van der Waals surface area contributed by atoms with Crippen molar-refractivity contribution in [3.63, 3.8) is 0 Å². The van der Waals surface area contributed by atoms with Gasteiger partial charge in [0.15, 0.2) is 5.13 Å². The van der Waals surface area contributed by atoms with Crippen LogP contribution in [0.2, 0.25) is 0 Å². The van der Waals surface area contributed by atoms with Crippen molar-refractivity contribution in [3.05, 3.63) is 23.8 Å². The molecule has 0 saturated carbocycles. The quantitative estimate of drug-likeness (QED) is 0.874. The molecule has 2 rings (SSSR count). The number of aromatic carboxylic acids is 1. The van der Waals surface area contributed by atoms with Gasteiger partial charge in [0.05, 0.1) is 15.8 Å².